The van der Waals surface area contributed by atoms with E-state index in [1.807, 2.05) is 24.3 Å². The Morgan fingerprint density at radius 2 is 1.69 bits per heavy atom. The third kappa shape index (κ3) is 6.90. The van der Waals surface area contributed by atoms with Gasteiger partial charge in [0.1, 0.15) is 17.2 Å². The number of phenolic OH excluding ortho intramolecular Hbond substituents is 1. The molecule has 7 nitrogen and oxygen atoms in total. The summed E-state index contributed by atoms with van der Waals surface area (Å²) in [6, 6.07) is 14.1. The highest BCUT2D eigenvalue weighted by molar-refractivity contribution is 5.81. The van der Waals surface area contributed by atoms with Gasteiger partial charge in [0.15, 0.2) is 12.7 Å². The van der Waals surface area contributed by atoms with E-state index in [4.69, 9.17) is 9.47 Å². The highest BCUT2D eigenvalue weighted by Crippen LogP contribution is 2.18. The molecule has 1 fully saturated rings. The molecule has 0 spiro atoms. The van der Waals surface area contributed by atoms with E-state index in [1.54, 1.807) is 24.0 Å². The molecule has 172 valence electrons. The van der Waals surface area contributed by atoms with Crippen LogP contribution in [0.25, 0.3) is 0 Å². The Hall–Kier alpha value is -3.22. The Balaban J connectivity index is 1.37. The van der Waals surface area contributed by atoms with E-state index >= 15 is 0 Å². The number of phenols is 1. The minimum absolute atomic E-state index is 0.00412. The predicted molar refractivity (Wildman–Crippen MR) is 122 cm³/mol. The normalized spacial score (nSPS) is 15.1. The molecule has 32 heavy (non-hydrogen) atoms. The number of piperidine rings is 1. The number of hydrogen-bond donors (Lipinski definition) is 2. The number of carbonyl (C=O) groups is 2. The molecule has 2 aromatic carbocycles. The quantitative estimate of drug-likeness (QED) is 0.625. The second kappa shape index (κ2) is 11.4. The van der Waals surface area contributed by atoms with Crippen molar-refractivity contribution in [1.29, 1.82) is 0 Å². The van der Waals surface area contributed by atoms with Crippen molar-refractivity contribution in [3.8, 4) is 17.2 Å². The second-order valence-electron chi connectivity index (χ2n) is 8.10. The molecule has 0 bridgehead atoms. The van der Waals surface area contributed by atoms with E-state index in [9.17, 15) is 14.7 Å². The highest BCUT2D eigenvalue weighted by atomic mass is 16.5. The molecule has 0 saturated carbocycles. The van der Waals surface area contributed by atoms with Crippen molar-refractivity contribution in [3.63, 3.8) is 0 Å². The van der Waals surface area contributed by atoms with Gasteiger partial charge >= 0.3 is 0 Å². The van der Waals surface area contributed by atoms with Crippen LogP contribution in [-0.4, -0.2) is 53.7 Å². The molecule has 2 amide bonds. The molecule has 1 atom stereocenters. The monoisotopic (exact) mass is 440 g/mol. The van der Waals surface area contributed by atoms with Gasteiger partial charge in [0.05, 0.1) is 0 Å². The summed E-state index contributed by atoms with van der Waals surface area (Å²) in [6.07, 6.45) is 2.85. The average molecular weight is 441 g/mol. The third-order valence-electron chi connectivity index (χ3n) is 5.54. The lowest BCUT2D eigenvalue weighted by atomic mass is 10.0. The maximum atomic E-state index is 12.5. The molecule has 1 unspecified atom stereocenters. The number of aryl methyl sites for hydroxylation is 1. The van der Waals surface area contributed by atoms with Gasteiger partial charge in [-0.1, -0.05) is 25.5 Å². The molecule has 2 N–H and O–H groups in total. The number of nitrogens with one attached hydrogen (secondary N) is 1. The van der Waals surface area contributed by atoms with Crippen molar-refractivity contribution >= 4 is 11.8 Å². The molecule has 2 aromatic rings. The van der Waals surface area contributed by atoms with E-state index in [2.05, 4.69) is 12.2 Å². The van der Waals surface area contributed by atoms with Gasteiger partial charge in [-0.25, -0.2) is 0 Å². The van der Waals surface area contributed by atoms with Crippen LogP contribution in [0.3, 0.4) is 0 Å². The van der Waals surface area contributed by atoms with Gasteiger partial charge in [0.25, 0.3) is 11.8 Å². The average Bonchev–Trinajstić information content (AvgIpc) is 2.80. The summed E-state index contributed by atoms with van der Waals surface area (Å²) in [4.78, 5) is 26.7. The first kappa shape index (κ1) is 23.4. The zero-order valence-corrected chi connectivity index (χ0v) is 18.8. The second-order valence-corrected chi connectivity index (χ2v) is 8.10. The number of amides is 2. The molecule has 0 radical (unpaired) electrons. The highest BCUT2D eigenvalue weighted by Gasteiger charge is 2.26. The maximum absolute atomic E-state index is 12.5. The van der Waals surface area contributed by atoms with Gasteiger partial charge in [-0.2, -0.15) is 0 Å². The molecular weight excluding hydrogens is 408 g/mol. The molecule has 7 heteroatoms. The summed E-state index contributed by atoms with van der Waals surface area (Å²) in [6.45, 7) is 5.00. The summed E-state index contributed by atoms with van der Waals surface area (Å²) in [7, 11) is 0. The topological polar surface area (TPSA) is 88.1 Å². The van der Waals surface area contributed by atoms with Crippen molar-refractivity contribution < 1.29 is 24.2 Å². The van der Waals surface area contributed by atoms with Gasteiger partial charge in [-0.15, -0.1) is 0 Å². The van der Waals surface area contributed by atoms with Gasteiger partial charge in [0.2, 0.25) is 0 Å². The Morgan fingerprint density at radius 3 is 2.31 bits per heavy atom. The SMILES string of the molecule is CCCc1ccc(OCC(=O)N2CCC(NC(=O)C(C)Oc3ccc(O)cc3)CC2)cc1. The minimum Gasteiger partial charge on any atom is -0.508 e. The molecule has 1 heterocycles. The lowest BCUT2D eigenvalue weighted by Crippen LogP contribution is -2.50. The summed E-state index contributed by atoms with van der Waals surface area (Å²) in [5.74, 6) is 1.12. The lowest BCUT2D eigenvalue weighted by molar-refractivity contribution is -0.134. The number of carbonyl (C=O) groups excluding carboxylic acids is 2. The molecule has 1 aliphatic rings. The van der Waals surface area contributed by atoms with Gasteiger partial charge < -0.3 is 24.8 Å². The van der Waals surface area contributed by atoms with Crippen molar-refractivity contribution in [1.82, 2.24) is 10.2 Å². The Bertz CT molecular complexity index is 874. The molecule has 3 rings (SSSR count). The summed E-state index contributed by atoms with van der Waals surface area (Å²) < 4.78 is 11.3. The fourth-order valence-corrected chi connectivity index (χ4v) is 3.65. The van der Waals surface area contributed by atoms with Gasteiger partial charge in [0, 0.05) is 19.1 Å². The zero-order valence-electron chi connectivity index (χ0n) is 18.8. The smallest absolute Gasteiger partial charge is 0.260 e. The largest absolute Gasteiger partial charge is 0.508 e. The van der Waals surface area contributed by atoms with E-state index in [-0.39, 0.29) is 30.2 Å². The van der Waals surface area contributed by atoms with E-state index in [0.29, 0.717) is 37.4 Å². The van der Waals surface area contributed by atoms with Crippen LogP contribution in [0.15, 0.2) is 48.5 Å². The molecule has 0 aliphatic carbocycles. The van der Waals surface area contributed by atoms with E-state index < -0.39 is 6.10 Å². The summed E-state index contributed by atoms with van der Waals surface area (Å²) >= 11 is 0. The first-order chi connectivity index (χ1) is 15.4. The number of benzene rings is 2. The molecule has 0 aromatic heterocycles. The first-order valence-corrected chi connectivity index (χ1v) is 11.2. The van der Waals surface area contributed by atoms with E-state index in [0.717, 1.165) is 12.8 Å². The number of aromatic hydroxyl groups is 1. The lowest BCUT2D eigenvalue weighted by Gasteiger charge is -2.32. The number of nitrogens with zero attached hydrogens (tertiary/aromatic N) is 1. The van der Waals surface area contributed by atoms with E-state index in [1.165, 1.54) is 17.7 Å². The van der Waals surface area contributed by atoms with Crippen molar-refractivity contribution in [2.45, 2.75) is 51.7 Å². The number of ether oxygens (including phenoxy) is 2. The summed E-state index contributed by atoms with van der Waals surface area (Å²) in [5.41, 5.74) is 1.26. The fraction of sp³-hybridized carbons (Fsp3) is 0.440. The van der Waals surface area contributed by atoms with Crippen LogP contribution in [0.2, 0.25) is 0 Å². The Labute approximate surface area is 189 Å². The van der Waals surface area contributed by atoms with Crippen LogP contribution in [0.4, 0.5) is 0 Å². The standard InChI is InChI=1S/C25H32N2O5/c1-3-4-19-5-9-22(10-6-19)31-17-24(29)27-15-13-20(14-16-27)26-25(30)18(2)32-23-11-7-21(28)8-12-23/h5-12,18,20,28H,3-4,13-17H2,1-2H3,(H,26,30). The number of likely N-dealkylation sites (tertiary alicyclic amines) is 1. The molecule has 1 saturated heterocycles. The van der Waals surface area contributed by atoms with Crippen LogP contribution in [0.1, 0.15) is 38.7 Å². The van der Waals surface area contributed by atoms with Crippen LogP contribution in [-0.2, 0) is 16.0 Å². The summed E-state index contributed by atoms with van der Waals surface area (Å²) in [5, 5.41) is 12.3. The maximum Gasteiger partial charge on any atom is 0.260 e. The van der Waals surface area contributed by atoms with Crippen LogP contribution < -0.4 is 14.8 Å². The van der Waals surface area contributed by atoms with Crippen LogP contribution in [0.5, 0.6) is 17.2 Å². The van der Waals surface area contributed by atoms with Crippen LogP contribution >= 0.6 is 0 Å². The third-order valence-corrected chi connectivity index (χ3v) is 5.54. The van der Waals surface area contributed by atoms with Crippen molar-refractivity contribution in [2.24, 2.45) is 0 Å². The van der Waals surface area contributed by atoms with Crippen molar-refractivity contribution in [3.05, 3.63) is 54.1 Å². The Morgan fingerprint density at radius 1 is 1.06 bits per heavy atom. The van der Waals surface area contributed by atoms with Crippen molar-refractivity contribution in [2.75, 3.05) is 19.7 Å². The first-order valence-electron chi connectivity index (χ1n) is 11.2. The van der Waals surface area contributed by atoms with Gasteiger partial charge in [-0.05, 0) is 68.1 Å². The zero-order chi connectivity index (χ0) is 22.9. The Kier molecular flexibility index (Phi) is 8.36. The predicted octanol–water partition coefficient (Wildman–Crippen LogP) is 3.30. The fourth-order valence-electron chi connectivity index (χ4n) is 3.65. The number of hydrogen-bond acceptors (Lipinski definition) is 5. The van der Waals surface area contributed by atoms with Crippen LogP contribution in [0, 0.1) is 0 Å². The minimum atomic E-state index is -0.656. The molecule has 1 aliphatic heterocycles. The number of rotatable bonds is 9. The van der Waals surface area contributed by atoms with Gasteiger partial charge in [-0.3, -0.25) is 9.59 Å². The molecular formula is C25H32N2O5.